The summed E-state index contributed by atoms with van der Waals surface area (Å²) >= 11 is 0. The summed E-state index contributed by atoms with van der Waals surface area (Å²) in [5.74, 6) is 0.723. The fraction of sp³-hybridized carbons (Fsp3) is 0.143. The number of ether oxygens (including phenoxy) is 1. The largest absolute Gasteiger partial charge is 0.490 e. The van der Waals surface area contributed by atoms with E-state index in [0.29, 0.717) is 6.61 Å². The van der Waals surface area contributed by atoms with Gasteiger partial charge in [0.1, 0.15) is 12.4 Å². The first-order valence-corrected chi connectivity index (χ1v) is 8.25. The zero-order valence-electron chi connectivity index (χ0n) is 14.0. The molecule has 2 aromatic heterocycles. The van der Waals surface area contributed by atoms with Crippen LogP contribution in [-0.4, -0.2) is 22.6 Å². The molecule has 0 bridgehead atoms. The van der Waals surface area contributed by atoms with Gasteiger partial charge in [-0.3, -0.25) is 9.97 Å². The molecule has 0 amide bonds. The minimum atomic E-state index is -0.0570. The number of rotatable bonds is 7. The highest BCUT2D eigenvalue weighted by molar-refractivity contribution is 5.69. The molecule has 2 N–H and O–H groups in total. The van der Waals surface area contributed by atoms with Crippen LogP contribution in [0.25, 0.3) is 12.2 Å². The molecule has 126 valence electrons. The molecule has 0 saturated carbocycles. The molecule has 25 heavy (non-hydrogen) atoms. The van der Waals surface area contributed by atoms with Crippen molar-refractivity contribution in [3.8, 4) is 5.75 Å². The zero-order valence-corrected chi connectivity index (χ0v) is 14.0. The second-order valence-corrected chi connectivity index (χ2v) is 5.83. The summed E-state index contributed by atoms with van der Waals surface area (Å²) in [6, 6.07) is 16.0. The maximum Gasteiger partial charge on any atom is 0.138 e. The molecule has 0 spiro atoms. The Balaban J connectivity index is 1.55. The summed E-state index contributed by atoms with van der Waals surface area (Å²) in [5, 5.41) is 0. The van der Waals surface area contributed by atoms with Gasteiger partial charge >= 0.3 is 0 Å². The van der Waals surface area contributed by atoms with Crippen LogP contribution in [0, 0.1) is 0 Å². The van der Waals surface area contributed by atoms with Crippen LogP contribution in [-0.2, 0) is 6.42 Å². The smallest absolute Gasteiger partial charge is 0.138 e. The van der Waals surface area contributed by atoms with E-state index in [1.807, 2.05) is 48.6 Å². The molecule has 2 heterocycles. The maximum atomic E-state index is 6.16. The van der Waals surface area contributed by atoms with Crippen molar-refractivity contribution >= 4 is 12.2 Å². The topological polar surface area (TPSA) is 61.0 Å². The molecule has 1 atom stereocenters. The Hall–Kier alpha value is -2.98. The molecule has 1 aromatic carbocycles. The van der Waals surface area contributed by atoms with Crippen molar-refractivity contribution in [2.75, 3.05) is 6.61 Å². The SMILES string of the molecule is N[C@H](COc1cncc(C=Cc2ccncc2)c1)Cc1ccccc1. The van der Waals surface area contributed by atoms with E-state index < -0.39 is 0 Å². The van der Waals surface area contributed by atoms with Gasteiger partial charge in [-0.1, -0.05) is 42.5 Å². The van der Waals surface area contributed by atoms with E-state index in [1.54, 1.807) is 24.8 Å². The quantitative estimate of drug-likeness (QED) is 0.718. The first-order chi connectivity index (χ1) is 12.3. The summed E-state index contributed by atoms with van der Waals surface area (Å²) in [6.07, 6.45) is 11.9. The number of hydrogen-bond acceptors (Lipinski definition) is 4. The number of nitrogens with two attached hydrogens (primary N) is 1. The van der Waals surface area contributed by atoms with E-state index in [-0.39, 0.29) is 6.04 Å². The van der Waals surface area contributed by atoms with Crippen LogP contribution in [0.2, 0.25) is 0 Å². The lowest BCUT2D eigenvalue weighted by molar-refractivity contribution is 0.286. The molecule has 0 saturated heterocycles. The number of aromatic nitrogens is 2. The van der Waals surface area contributed by atoms with E-state index in [0.717, 1.165) is 23.3 Å². The highest BCUT2D eigenvalue weighted by Gasteiger charge is 2.05. The van der Waals surface area contributed by atoms with Gasteiger partial charge < -0.3 is 10.5 Å². The van der Waals surface area contributed by atoms with Crippen LogP contribution in [0.1, 0.15) is 16.7 Å². The van der Waals surface area contributed by atoms with Gasteiger partial charge in [-0.05, 0) is 41.3 Å². The van der Waals surface area contributed by atoms with Crippen molar-refractivity contribution in [1.29, 1.82) is 0 Å². The Bertz CT molecular complexity index is 804. The number of benzene rings is 1. The van der Waals surface area contributed by atoms with Crippen LogP contribution >= 0.6 is 0 Å². The lowest BCUT2D eigenvalue weighted by Crippen LogP contribution is -2.30. The molecular weight excluding hydrogens is 310 g/mol. The Morgan fingerprint density at radius 1 is 0.920 bits per heavy atom. The van der Waals surface area contributed by atoms with Gasteiger partial charge in [0.15, 0.2) is 0 Å². The molecule has 4 heteroatoms. The lowest BCUT2D eigenvalue weighted by Gasteiger charge is -2.13. The van der Waals surface area contributed by atoms with Crippen LogP contribution < -0.4 is 10.5 Å². The molecule has 0 aliphatic carbocycles. The molecule has 3 aromatic rings. The molecular formula is C21H21N3O. The number of pyridine rings is 2. The third-order valence-corrected chi connectivity index (χ3v) is 3.71. The molecule has 0 fully saturated rings. The van der Waals surface area contributed by atoms with Crippen molar-refractivity contribution in [2.24, 2.45) is 5.73 Å². The number of hydrogen-bond donors (Lipinski definition) is 1. The predicted molar refractivity (Wildman–Crippen MR) is 101 cm³/mol. The van der Waals surface area contributed by atoms with Crippen molar-refractivity contribution < 1.29 is 4.74 Å². The van der Waals surface area contributed by atoms with E-state index in [4.69, 9.17) is 10.5 Å². The fourth-order valence-electron chi connectivity index (χ4n) is 2.45. The van der Waals surface area contributed by atoms with Crippen molar-refractivity contribution in [2.45, 2.75) is 12.5 Å². The highest BCUT2D eigenvalue weighted by Crippen LogP contribution is 2.14. The molecule has 0 radical (unpaired) electrons. The third-order valence-electron chi connectivity index (χ3n) is 3.71. The molecule has 0 aliphatic heterocycles. The van der Waals surface area contributed by atoms with Gasteiger partial charge in [0.05, 0.1) is 6.20 Å². The standard InChI is InChI=1S/C21H21N3O/c22-20(12-18-4-2-1-3-5-18)16-25-21-13-19(14-24-15-21)7-6-17-8-10-23-11-9-17/h1-11,13-15,20H,12,16,22H2/t20-/m0/s1. The molecule has 4 nitrogen and oxygen atoms in total. The first-order valence-electron chi connectivity index (χ1n) is 8.25. The highest BCUT2D eigenvalue weighted by atomic mass is 16.5. The van der Waals surface area contributed by atoms with Crippen LogP contribution in [0.15, 0.2) is 73.3 Å². The van der Waals surface area contributed by atoms with Gasteiger partial charge in [-0.15, -0.1) is 0 Å². The van der Waals surface area contributed by atoms with Gasteiger partial charge in [0.25, 0.3) is 0 Å². The maximum absolute atomic E-state index is 6.16. The zero-order chi connectivity index (χ0) is 17.3. The lowest BCUT2D eigenvalue weighted by atomic mass is 10.1. The van der Waals surface area contributed by atoms with Crippen molar-refractivity contribution in [1.82, 2.24) is 9.97 Å². The van der Waals surface area contributed by atoms with E-state index >= 15 is 0 Å². The number of nitrogens with zero attached hydrogens (tertiary/aromatic N) is 2. The summed E-state index contributed by atoms with van der Waals surface area (Å²) < 4.78 is 5.80. The first kappa shape index (κ1) is 16.9. The monoisotopic (exact) mass is 331 g/mol. The van der Waals surface area contributed by atoms with E-state index in [9.17, 15) is 0 Å². The Morgan fingerprint density at radius 2 is 1.68 bits per heavy atom. The average Bonchev–Trinajstić information content (AvgIpc) is 2.67. The third kappa shape index (κ3) is 5.55. The van der Waals surface area contributed by atoms with Gasteiger partial charge in [0, 0.05) is 24.6 Å². The Morgan fingerprint density at radius 3 is 2.48 bits per heavy atom. The average molecular weight is 331 g/mol. The van der Waals surface area contributed by atoms with Crippen LogP contribution in [0.3, 0.4) is 0 Å². The summed E-state index contributed by atoms with van der Waals surface area (Å²) in [7, 11) is 0. The van der Waals surface area contributed by atoms with Crippen LogP contribution in [0.4, 0.5) is 0 Å². The Kier molecular flexibility index (Phi) is 5.91. The fourth-order valence-corrected chi connectivity index (χ4v) is 2.45. The van der Waals surface area contributed by atoms with Crippen LogP contribution in [0.5, 0.6) is 5.75 Å². The van der Waals surface area contributed by atoms with E-state index in [2.05, 4.69) is 22.1 Å². The van der Waals surface area contributed by atoms with Gasteiger partial charge in [-0.2, -0.15) is 0 Å². The normalized spacial score (nSPS) is 12.2. The predicted octanol–water partition coefficient (Wildman–Crippen LogP) is 3.60. The minimum Gasteiger partial charge on any atom is -0.490 e. The van der Waals surface area contributed by atoms with E-state index in [1.165, 1.54) is 5.56 Å². The Labute approximate surface area is 148 Å². The van der Waals surface area contributed by atoms with Crippen molar-refractivity contribution in [3.63, 3.8) is 0 Å². The summed E-state index contributed by atoms with van der Waals surface area (Å²) in [4.78, 5) is 8.24. The van der Waals surface area contributed by atoms with Crippen molar-refractivity contribution in [3.05, 3.63) is 90.0 Å². The second kappa shape index (κ2) is 8.76. The summed E-state index contributed by atoms with van der Waals surface area (Å²) in [6.45, 7) is 0.452. The second-order valence-electron chi connectivity index (χ2n) is 5.83. The van der Waals surface area contributed by atoms with Gasteiger partial charge in [-0.25, -0.2) is 0 Å². The molecule has 0 unspecified atom stereocenters. The molecule has 0 aliphatic rings. The minimum absolute atomic E-state index is 0.0570. The van der Waals surface area contributed by atoms with Gasteiger partial charge in [0.2, 0.25) is 0 Å². The molecule has 3 rings (SSSR count). The summed E-state index contributed by atoms with van der Waals surface area (Å²) in [5.41, 5.74) is 9.44.